The predicted octanol–water partition coefficient (Wildman–Crippen LogP) is 3.23. The molecule has 0 spiro atoms. The average Bonchev–Trinajstić information content (AvgIpc) is 3.43. The van der Waals surface area contributed by atoms with Gasteiger partial charge in [0.25, 0.3) is 5.91 Å². The van der Waals surface area contributed by atoms with Gasteiger partial charge in [-0.25, -0.2) is 4.39 Å². The van der Waals surface area contributed by atoms with E-state index in [1.54, 1.807) is 0 Å². The average molecular weight is 368 g/mol. The van der Waals surface area contributed by atoms with E-state index in [0.29, 0.717) is 24.2 Å². The van der Waals surface area contributed by atoms with Crippen LogP contribution in [0.5, 0.6) is 5.75 Å². The molecule has 7 heteroatoms. The molecular formula is C18H23FNO4S-. The van der Waals surface area contributed by atoms with Crippen LogP contribution in [0.1, 0.15) is 66.8 Å². The molecule has 0 saturated heterocycles. The Kier molecular flexibility index (Phi) is 6.06. The molecule has 3 rings (SSSR count). The molecule has 1 amide bonds. The number of rotatable bonds is 7. The Balaban J connectivity index is 1.73. The third-order valence-electron chi connectivity index (χ3n) is 4.91. The minimum atomic E-state index is -2.41. The summed E-state index contributed by atoms with van der Waals surface area (Å²) >= 11 is -2.41. The van der Waals surface area contributed by atoms with Crippen LogP contribution >= 0.6 is 0 Å². The summed E-state index contributed by atoms with van der Waals surface area (Å²) in [5.74, 6) is -0.605. The van der Waals surface area contributed by atoms with Crippen molar-refractivity contribution < 1.29 is 22.7 Å². The van der Waals surface area contributed by atoms with Gasteiger partial charge < -0.3 is 14.6 Å². The van der Waals surface area contributed by atoms with E-state index >= 15 is 0 Å². The predicted molar refractivity (Wildman–Crippen MR) is 91.7 cm³/mol. The largest absolute Gasteiger partial charge is 0.771 e. The Morgan fingerprint density at radius 1 is 1.24 bits per heavy atom. The first kappa shape index (κ1) is 18.3. The number of carbonyl (C=O) groups is 1. The van der Waals surface area contributed by atoms with Gasteiger partial charge in [-0.3, -0.25) is 9.00 Å². The quantitative estimate of drug-likeness (QED) is 0.750. The minimum absolute atomic E-state index is 0.127. The highest BCUT2D eigenvalue weighted by atomic mass is 32.2. The molecule has 1 atom stereocenters. The normalized spacial score (nSPS) is 19.4. The van der Waals surface area contributed by atoms with E-state index < -0.39 is 28.7 Å². The van der Waals surface area contributed by atoms with Crippen LogP contribution in [0.4, 0.5) is 4.39 Å². The summed E-state index contributed by atoms with van der Waals surface area (Å²) in [5, 5.41) is 2.20. The topological polar surface area (TPSA) is 78.5 Å². The lowest BCUT2D eigenvalue weighted by molar-refractivity contribution is 0.0955. The molecule has 138 valence electrons. The number of benzene rings is 1. The molecule has 2 fully saturated rings. The Bertz CT molecular complexity index is 657. The van der Waals surface area contributed by atoms with Crippen LogP contribution in [0.25, 0.3) is 0 Å². The van der Waals surface area contributed by atoms with Gasteiger partial charge in [0.1, 0.15) is 11.6 Å². The van der Waals surface area contributed by atoms with Crippen molar-refractivity contribution in [2.75, 3.05) is 12.5 Å². The maximum Gasteiger partial charge on any atom is 0.254 e. The summed E-state index contributed by atoms with van der Waals surface area (Å²) in [5.41, 5.74) is 0.725. The van der Waals surface area contributed by atoms with Crippen LogP contribution in [-0.4, -0.2) is 27.2 Å². The molecule has 5 nitrogen and oxygen atoms in total. The van der Waals surface area contributed by atoms with Crippen molar-refractivity contribution in [3.05, 3.63) is 29.1 Å². The zero-order valence-electron chi connectivity index (χ0n) is 14.1. The van der Waals surface area contributed by atoms with Gasteiger partial charge in [-0.15, -0.1) is 0 Å². The molecule has 2 saturated carbocycles. The fraction of sp³-hybridized carbons (Fsp3) is 0.611. The zero-order valence-corrected chi connectivity index (χ0v) is 14.9. The molecule has 0 radical (unpaired) electrons. The number of carbonyl (C=O) groups excluding carboxylic acids is 1. The number of amides is 1. The van der Waals surface area contributed by atoms with Gasteiger partial charge in [-0.2, -0.15) is 0 Å². The van der Waals surface area contributed by atoms with E-state index in [0.717, 1.165) is 31.2 Å². The second-order valence-corrected chi connectivity index (χ2v) is 7.81. The van der Waals surface area contributed by atoms with Crippen molar-refractivity contribution >= 4 is 17.0 Å². The summed E-state index contributed by atoms with van der Waals surface area (Å²) in [6.45, 7) is 0.583. The highest BCUT2D eigenvalue weighted by Gasteiger charge is 2.29. The smallest absolute Gasteiger partial charge is 0.254 e. The van der Waals surface area contributed by atoms with Crippen LogP contribution in [0.2, 0.25) is 0 Å². The number of hydrogen-bond donors (Lipinski definition) is 1. The molecule has 1 aromatic carbocycles. The molecule has 0 bridgehead atoms. The number of ether oxygens (including phenoxy) is 1. The van der Waals surface area contributed by atoms with Crippen LogP contribution < -0.4 is 10.1 Å². The summed E-state index contributed by atoms with van der Waals surface area (Å²) in [7, 11) is 0. The Labute approximate surface area is 149 Å². The van der Waals surface area contributed by atoms with Gasteiger partial charge in [0.15, 0.2) is 0 Å². The van der Waals surface area contributed by atoms with E-state index in [1.165, 1.54) is 31.4 Å². The molecule has 1 N–H and O–H groups in total. The Hall–Kier alpha value is -1.47. The molecule has 25 heavy (non-hydrogen) atoms. The zero-order chi connectivity index (χ0) is 17.8. The fourth-order valence-electron chi connectivity index (χ4n) is 3.37. The third-order valence-corrected chi connectivity index (χ3v) is 5.29. The first-order valence-electron chi connectivity index (χ1n) is 8.85. The van der Waals surface area contributed by atoms with Crippen molar-refractivity contribution in [3.8, 4) is 5.75 Å². The maximum absolute atomic E-state index is 14.4. The van der Waals surface area contributed by atoms with Crippen LogP contribution in [-0.2, 0) is 11.1 Å². The van der Waals surface area contributed by atoms with Crippen molar-refractivity contribution in [2.24, 2.45) is 5.92 Å². The maximum atomic E-state index is 14.4. The second kappa shape index (κ2) is 8.27. The van der Waals surface area contributed by atoms with Gasteiger partial charge in [0.2, 0.25) is 0 Å². The van der Waals surface area contributed by atoms with Gasteiger partial charge in [-0.1, -0.05) is 19.3 Å². The fourth-order valence-corrected chi connectivity index (χ4v) is 3.61. The van der Waals surface area contributed by atoms with Crippen molar-refractivity contribution in [1.82, 2.24) is 5.32 Å². The van der Waals surface area contributed by atoms with Crippen LogP contribution in [0.3, 0.4) is 0 Å². The molecule has 0 heterocycles. The van der Waals surface area contributed by atoms with E-state index in [9.17, 15) is 17.9 Å². The number of halogens is 1. The SMILES string of the molecule is O=C(NCS(=O)[O-])c1cc(C2CC2)c(OCC2CCCCC2)cc1F. The monoisotopic (exact) mass is 368 g/mol. The molecule has 1 unspecified atom stereocenters. The number of nitrogens with one attached hydrogen (secondary N) is 1. The Morgan fingerprint density at radius 3 is 2.60 bits per heavy atom. The molecule has 2 aliphatic carbocycles. The lowest BCUT2D eigenvalue weighted by Gasteiger charge is -2.23. The van der Waals surface area contributed by atoms with Crippen LogP contribution in [0, 0.1) is 11.7 Å². The third kappa shape index (κ3) is 5.01. The summed E-state index contributed by atoms with van der Waals surface area (Å²) in [6, 6.07) is 2.80. The highest BCUT2D eigenvalue weighted by molar-refractivity contribution is 7.79. The lowest BCUT2D eigenvalue weighted by atomic mass is 9.90. The summed E-state index contributed by atoms with van der Waals surface area (Å²) in [4.78, 5) is 12.0. The standard InChI is InChI=1S/C18H24FNO4S/c19-16-9-17(24-10-12-4-2-1-3-5-12)14(13-6-7-13)8-15(16)18(21)20-11-25(22)23/h8-9,12-13H,1-7,10-11H2,(H,20,21)(H,22,23)/p-1. The van der Waals surface area contributed by atoms with Crippen molar-refractivity contribution in [2.45, 2.75) is 50.9 Å². The highest BCUT2D eigenvalue weighted by Crippen LogP contribution is 2.45. The summed E-state index contributed by atoms with van der Waals surface area (Å²) in [6.07, 6.45) is 8.00. The molecule has 1 aromatic rings. The first-order chi connectivity index (χ1) is 12.0. The molecule has 2 aliphatic rings. The van der Waals surface area contributed by atoms with E-state index in [-0.39, 0.29) is 5.56 Å². The molecular weight excluding hydrogens is 345 g/mol. The van der Waals surface area contributed by atoms with Gasteiger partial charge in [0.05, 0.1) is 18.0 Å². The van der Waals surface area contributed by atoms with Crippen LogP contribution in [0.15, 0.2) is 12.1 Å². The van der Waals surface area contributed by atoms with Crippen molar-refractivity contribution in [1.29, 1.82) is 0 Å². The van der Waals surface area contributed by atoms with E-state index in [1.807, 2.05) is 0 Å². The summed E-state index contributed by atoms with van der Waals surface area (Å²) < 4.78 is 41.4. The van der Waals surface area contributed by atoms with Gasteiger partial charge >= 0.3 is 0 Å². The van der Waals surface area contributed by atoms with Gasteiger partial charge in [-0.05, 0) is 60.2 Å². The molecule has 0 aliphatic heterocycles. The van der Waals surface area contributed by atoms with Gasteiger partial charge in [0, 0.05) is 6.07 Å². The minimum Gasteiger partial charge on any atom is -0.771 e. The Morgan fingerprint density at radius 2 is 1.96 bits per heavy atom. The molecule has 0 aromatic heterocycles. The number of hydrogen-bond acceptors (Lipinski definition) is 4. The van der Waals surface area contributed by atoms with E-state index in [2.05, 4.69) is 5.32 Å². The first-order valence-corrected chi connectivity index (χ1v) is 10.1. The second-order valence-electron chi connectivity index (χ2n) is 6.91. The van der Waals surface area contributed by atoms with Crippen molar-refractivity contribution in [3.63, 3.8) is 0 Å². The van der Waals surface area contributed by atoms with E-state index in [4.69, 9.17) is 4.74 Å². The lowest BCUT2D eigenvalue weighted by Crippen LogP contribution is -2.28.